The van der Waals surface area contributed by atoms with Gasteiger partial charge in [0.25, 0.3) is 5.91 Å². The summed E-state index contributed by atoms with van der Waals surface area (Å²) < 4.78 is 16.0. The zero-order valence-corrected chi connectivity index (χ0v) is 13.6. The first-order chi connectivity index (χ1) is 11.6. The monoisotopic (exact) mass is 346 g/mol. The Balaban J connectivity index is 1.54. The van der Waals surface area contributed by atoms with Crippen molar-refractivity contribution in [2.75, 3.05) is 6.79 Å². The van der Waals surface area contributed by atoms with E-state index in [1.165, 1.54) is 6.21 Å². The number of amides is 1. The van der Waals surface area contributed by atoms with Crippen LogP contribution in [0, 0.1) is 0 Å². The Bertz CT molecular complexity index is 779. The van der Waals surface area contributed by atoms with Gasteiger partial charge in [-0.1, -0.05) is 17.7 Å². The second-order valence-corrected chi connectivity index (χ2v) is 5.50. The molecule has 1 N–H and O–H groups in total. The molecule has 1 unspecified atom stereocenters. The molecule has 2 aromatic carbocycles. The average Bonchev–Trinajstić information content (AvgIpc) is 3.02. The first kappa shape index (κ1) is 16.1. The lowest BCUT2D eigenvalue weighted by atomic mass is 10.2. The van der Waals surface area contributed by atoms with Gasteiger partial charge in [0, 0.05) is 5.02 Å². The molecule has 2 aromatic rings. The summed E-state index contributed by atoms with van der Waals surface area (Å²) in [6, 6.07) is 12.2. The normalized spacial score (nSPS) is 13.8. The SMILES string of the molecule is CC(Oc1cccc(Cl)c1)C(=O)N/N=C/c1ccc2c(c1)OCO2. The Morgan fingerprint density at radius 3 is 2.96 bits per heavy atom. The van der Waals surface area contributed by atoms with Gasteiger partial charge in [0.2, 0.25) is 6.79 Å². The van der Waals surface area contributed by atoms with Crippen molar-refractivity contribution in [1.82, 2.24) is 5.43 Å². The summed E-state index contributed by atoms with van der Waals surface area (Å²) in [7, 11) is 0. The maximum atomic E-state index is 12.0. The number of ether oxygens (including phenoxy) is 3. The minimum atomic E-state index is -0.711. The molecule has 1 aliphatic heterocycles. The summed E-state index contributed by atoms with van der Waals surface area (Å²) >= 11 is 5.88. The van der Waals surface area contributed by atoms with Crippen LogP contribution in [-0.4, -0.2) is 25.0 Å². The third-order valence-corrected chi connectivity index (χ3v) is 3.50. The van der Waals surface area contributed by atoms with Gasteiger partial charge in [0.15, 0.2) is 17.6 Å². The van der Waals surface area contributed by atoms with Crippen LogP contribution in [0.1, 0.15) is 12.5 Å². The third-order valence-electron chi connectivity index (χ3n) is 3.26. The molecule has 0 aliphatic carbocycles. The van der Waals surface area contributed by atoms with Crippen molar-refractivity contribution in [3.8, 4) is 17.2 Å². The molecular formula is C17H15ClN2O4. The molecule has 3 rings (SSSR count). The number of nitrogens with one attached hydrogen (secondary N) is 1. The average molecular weight is 347 g/mol. The van der Waals surface area contributed by atoms with E-state index in [2.05, 4.69) is 10.5 Å². The summed E-state index contributed by atoms with van der Waals surface area (Å²) in [5.41, 5.74) is 3.21. The maximum absolute atomic E-state index is 12.0. The molecule has 1 heterocycles. The zero-order valence-electron chi connectivity index (χ0n) is 12.9. The number of hydrazone groups is 1. The van der Waals surface area contributed by atoms with Crippen LogP contribution >= 0.6 is 11.6 Å². The Hall–Kier alpha value is -2.73. The number of benzene rings is 2. The second-order valence-electron chi connectivity index (χ2n) is 5.06. The van der Waals surface area contributed by atoms with Crippen LogP contribution in [0.5, 0.6) is 17.2 Å². The van der Waals surface area contributed by atoms with Gasteiger partial charge in [0.1, 0.15) is 5.75 Å². The van der Waals surface area contributed by atoms with Gasteiger partial charge in [0.05, 0.1) is 6.21 Å². The standard InChI is InChI=1S/C17H15ClN2O4/c1-11(24-14-4-2-3-13(18)8-14)17(21)20-19-9-12-5-6-15-16(7-12)23-10-22-15/h2-9,11H,10H2,1H3,(H,20,21)/b19-9+. The van der Waals surface area contributed by atoms with Crippen LogP contribution in [0.25, 0.3) is 0 Å². The molecule has 1 amide bonds. The van der Waals surface area contributed by atoms with E-state index in [0.29, 0.717) is 22.3 Å². The molecule has 24 heavy (non-hydrogen) atoms. The van der Waals surface area contributed by atoms with Gasteiger partial charge >= 0.3 is 0 Å². The lowest BCUT2D eigenvalue weighted by Gasteiger charge is -2.12. The van der Waals surface area contributed by atoms with E-state index in [4.69, 9.17) is 25.8 Å². The molecule has 0 saturated carbocycles. The summed E-state index contributed by atoms with van der Waals surface area (Å²) in [6.07, 6.45) is 0.809. The lowest BCUT2D eigenvalue weighted by Crippen LogP contribution is -2.33. The van der Waals surface area contributed by atoms with Crippen molar-refractivity contribution >= 4 is 23.7 Å². The van der Waals surface area contributed by atoms with Gasteiger partial charge in [-0.25, -0.2) is 5.43 Å². The topological polar surface area (TPSA) is 69.2 Å². The molecule has 0 aromatic heterocycles. The molecule has 7 heteroatoms. The van der Waals surface area contributed by atoms with E-state index in [9.17, 15) is 4.79 Å². The Morgan fingerprint density at radius 1 is 1.29 bits per heavy atom. The van der Waals surface area contributed by atoms with Gasteiger partial charge < -0.3 is 14.2 Å². The van der Waals surface area contributed by atoms with Crippen molar-refractivity contribution in [1.29, 1.82) is 0 Å². The minimum absolute atomic E-state index is 0.213. The van der Waals surface area contributed by atoms with Gasteiger partial charge in [-0.3, -0.25) is 4.79 Å². The van der Waals surface area contributed by atoms with Crippen LogP contribution in [0.3, 0.4) is 0 Å². The molecule has 0 saturated heterocycles. The first-order valence-electron chi connectivity index (χ1n) is 7.26. The fraction of sp³-hybridized carbons (Fsp3) is 0.176. The van der Waals surface area contributed by atoms with Crippen molar-refractivity contribution in [3.05, 3.63) is 53.1 Å². The summed E-state index contributed by atoms with van der Waals surface area (Å²) in [5, 5.41) is 4.46. The quantitative estimate of drug-likeness (QED) is 0.667. The molecule has 1 aliphatic rings. The van der Waals surface area contributed by atoms with E-state index < -0.39 is 6.10 Å². The number of halogens is 1. The zero-order chi connectivity index (χ0) is 16.9. The molecule has 0 radical (unpaired) electrons. The van der Waals surface area contributed by atoms with E-state index >= 15 is 0 Å². The van der Waals surface area contributed by atoms with Crippen molar-refractivity contribution in [2.24, 2.45) is 5.10 Å². The van der Waals surface area contributed by atoms with E-state index in [1.807, 2.05) is 6.07 Å². The predicted octanol–water partition coefficient (Wildman–Crippen LogP) is 2.99. The molecule has 0 spiro atoms. The molecule has 124 valence electrons. The first-order valence-corrected chi connectivity index (χ1v) is 7.64. The van der Waals surface area contributed by atoms with Crippen LogP contribution in [0.4, 0.5) is 0 Å². The molecule has 0 fully saturated rings. The molecule has 0 bridgehead atoms. The van der Waals surface area contributed by atoms with E-state index in [1.54, 1.807) is 43.3 Å². The van der Waals surface area contributed by atoms with Crippen LogP contribution in [-0.2, 0) is 4.79 Å². The summed E-state index contributed by atoms with van der Waals surface area (Å²) in [6.45, 7) is 1.84. The number of rotatable bonds is 5. The number of nitrogens with zero attached hydrogens (tertiary/aromatic N) is 1. The fourth-order valence-corrected chi connectivity index (χ4v) is 2.23. The smallest absolute Gasteiger partial charge is 0.280 e. The minimum Gasteiger partial charge on any atom is -0.481 e. The maximum Gasteiger partial charge on any atom is 0.280 e. The Kier molecular flexibility index (Phi) is 4.86. The number of carbonyl (C=O) groups is 1. The third kappa shape index (κ3) is 3.97. The predicted molar refractivity (Wildman–Crippen MR) is 89.8 cm³/mol. The highest BCUT2D eigenvalue weighted by molar-refractivity contribution is 6.30. The summed E-state index contributed by atoms with van der Waals surface area (Å²) in [5.74, 6) is 1.50. The highest BCUT2D eigenvalue weighted by Crippen LogP contribution is 2.31. The number of hydrogen-bond acceptors (Lipinski definition) is 5. The van der Waals surface area contributed by atoms with Crippen molar-refractivity contribution in [2.45, 2.75) is 13.0 Å². The number of fused-ring (bicyclic) bond motifs is 1. The number of carbonyl (C=O) groups excluding carboxylic acids is 1. The van der Waals surface area contributed by atoms with Crippen LogP contribution in [0.15, 0.2) is 47.6 Å². The van der Waals surface area contributed by atoms with E-state index in [0.717, 1.165) is 5.56 Å². The fourth-order valence-electron chi connectivity index (χ4n) is 2.05. The van der Waals surface area contributed by atoms with Gasteiger partial charge in [-0.2, -0.15) is 5.10 Å². The van der Waals surface area contributed by atoms with Crippen molar-refractivity contribution in [3.63, 3.8) is 0 Å². The molecule has 1 atom stereocenters. The van der Waals surface area contributed by atoms with Gasteiger partial charge in [-0.05, 0) is 48.9 Å². The van der Waals surface area contributed by atoms with Gasteiger partial charge in [-0.15, -0.1) is 0 Å². The van der Waals surface area contributed by atoms with Crippen LogP contribution < -0.4 is 19.6 Å². The van der Waals surface area contributed by atoms with E-state index in [-0.39, 0.29) is 12.7 Å². The van der Waals surface area contributed by atoms with Crippen LogP contribution in [0.2, 0.25) is 5.02 Å². The second kappa shape index (κ2) is 7.23. The highest BCUT2D eigenvalue weighted by Gasteiger charge is 2.14. The largest absolute Gasteiger partial charge is 0.481 e. The highest BCUT2D eigenvalue weighted by atomic mass is 35.5. The molecular weight excluding hydrogens is 332 g/mol. The van der Waals surface area contributed by atoms with Crippen molar-refractivity contribution < 1.29 is 19.0 Å². The number of hydrogen-bond donors (Lipinski definition) is 1. The lowest BCUT2D eigenvalue weighted by molar-refractivity contribution is -0.127. The summed E-state index contributed by atoms with van der Waals surface area (Å²) in [4.78, 5) is 12.0. The Labute approximate surface area is 144 Å². The molecule has 6 nitrogen and oxygen atoms in total. The Morgan fingerprint density at radius 2 is 2.12 bits per heavy atom.